The lowest BCUT2D eigenvalue weighted by molar-refractivity contribution is -0.143. The van der Waals surface area contributed by atoms with Crippen molar-refractivity contribution in [3.8, 4) is 0 Å². The van der Waals surface area contributed by atoms with E-state index in [0.29, 0.717) is 24.9 Å². The van der Waals surface area contributed by atoms with E-state index in [4.69, 9.17) is 15.6 Å². The molecule has 1 rings (SSSR count). The molecule has 0 aliphatic carbocycles. The molecule has 16 heavy (non-hydrogen) atoms. The minimum absolute atomic E-state index is 0.0441. The molecule has 4 heteroatoms. The Kier molecular flexibility index (Phi) is 5.36. The van der Waals surface area contributed by atoms with Crippen LogP contribution in [0.15, 0.2) is 24.3 Å². The maximum absolute atomic E-state index is 11.2. The fourth-order valence-corrected chi connectivity index (χ4v) is 1.32. The fraction of sp³-hybridized carbons (Fsp3) is 0.417. The van der Waals surface area contributed by atoms with Crippen LogP contribution >= 0.6 is 0 Å². The van der Waals surface area contributed by atoms with Crippen molar-refractivity contribution in [3.05, 3.63) is 29.8 Å². The van der Waals surface area contributed by atoms with E-state index in [-0.39, 0.29) is 19.2 Å². The second kappa shape index (κ2) is 6.85. The van der Waals surface area contributed by atoms with E-state index in [9.17, 15) is 4.79 Å². The van der Waals surface area contributed by atoms with Gasteiger partial charge in [-0.25, -0.2) is 0 Å². The number of esters is 1. The van der Waals surface area contributed by atoms with Crippen molar-refractivity contribution in [2.75, 3.05) is 18.9 Å². The van der Waals surface area contributed by atoms with E-state index in [0.717, 1.165) is 5.56 Å². The number of rotatable bonds is 6. The Bertz CT molecular complexity index is 339. The molecule has 0 radical (unpaired) electrons. The lowest BCUT2D eigenvalue weighted by Crippen LogP contribution is -2.08. The van der Waals surface area contributed by atoms with Crippen molar-refractivity contribution in [2.24, 2.45) is 0 Å². The van der Waals surface area contributed by atoms with Gasteiger partial charge in [0.05, 0.1) is 6.61 Å². The van der Waals surface area contributed by atoms with Gasteiger partial charge in [0.2, 0.25) is 0 Å². The van der Waals surface area contributed by atoms with Crippen molar-refractivity contribution in [1.29, 1.82) is 0 Å². The first-order valence-electron chi connectivity index (χ1n) is 5.33. The number of aliphatic hydroxyl groups is 1. The number of nitrogen functional groups attached to an aromatic ring is 1. The Morgan fingerprint density at radius 2 is 2.25 bits per heavy atom. The zero-order valence-electron chi connectivity index (χ0n) is 9.19. The SMILES string of the molecule is Nc1cccc(CCC(=O)OCCCO)c1. The predicted octanol–water partition coefficient (Wildman–Crippen LogP) is 1.13. The summed E-state index contributed by atoms with van der Waals surface area (Å²) in [7, 11) is 0. The summed E-state index contributed by atoms with van der Waals surface area (Å²) >= 11 is 0. The number of carbonyl (C=O) groups excluding carboxylic acids is 1. The molecule has 0 unspecified atom stereocenters. The van der Waals surface area contributed by atoms with Crippen LogP contribution in [-0.2, 0) is 16.0 Å². The van der Waals surface area contributed by atoms with Crippen molar-refractivity contribution >= 4 is 11.7 Å². The van der Waals surface area contributed by atoms with Gasteiger partial charge in [0.15, 0.2) is 0 Å². The molecule has 0 saturated carbocycles. The number of aryl methyl sites for hydroxylation is 1. The van der Waals surface area contributed by atoms with Crippen LogP contribution in [0.3, 0.4) is 0 Å². The summed E-state index contributed by atoms with van der Waals surface area (Å²) in [6.07, 6.45) is 1.46. The van der Waals surface area contributed by atoms with Crippen LogP contribution in [0.1, 0.15) is 18.4 Å². The molecule has 0 aliphatic rings. The third kappa shape index (κ3) is 4.79. The standard InChI is InChI=1S/C12H17NO3/c13-11-4-1-3-10(9-11)5-6-12(15)16-8-2-7-14/h1,3-4,9,14H,2,5-8,13H2. The van der Waals surface area contributed by atoms with Gasteiger partial charge < -0.3 is 15.6 Å². The minimum atomic E-state index is -0.240. The lowest BCUT2D eigenvalue weighted by atomic mass is 10.1. The first kappa shape index (κ1) is 12.5. The van der Waals surface area contributed by atoms with Crippen LogP contribution in [0.25, 0.3) is 0 Å². The van der Waals surface area contributed by atoms with Crippen LogP contribution in [0, 0.1) is 0 Å². The van der Waals surface area contributed by atoms with Crippen molar-refractivity contribution < 1.29 is 14.6 Å². The molecule has 0 spiro atoms. The molecule has 4 nitrogen and oxygen atoms in total. The summed E-state index contributed by atoms with van der Waals surface area (Å²) in [6.45, 7) is 0.328. The molecular weight excluding hydrogens is 206 g/mol. The number of hydrogen-bond acceptors (Lipinski definition) is 4. The third-order valence-corrected chi connectivity index (χ3v) is 2.13. The average molecular weight is 223 g/mol. The number of nitrogens with two attached hydrogens (primary N) is 1. The molecule has 1 aromatic carbocycles. The number of carbonyl (C=O) groups is 1. The van der Waals surface area contributed by atoms with Crippen LogP contribution in [0.2, 0.25) is 0 Å². The van der Waals surface area contributed by atoms with E-state index in [1.807, 2.05) is 24.3 Å². The molecule has 0 heterocycles. The lowest BCUT2D eigenvalue weighted by Gasteiger charge is -2.04. The largest absolute Gasteiger partial charge is 0.466 e. The summed E-state index contributed by atoms with van der Waals surface area (Å²) in [5, 5.41) is 8.51. The van der Waals surface area contributed by atoms with Crippen LogP contribution < -0.4 is 5.73 Å². The quantitative estimate of drug-likeness (QED) is 0.431. The van der Waals surface area contributed by atoms with Gasteiger partial charge >= 0.3 is 5.97 Å². The highest BCUT2D eigenvalue weighted by Crippen LogP contribution is 2.09. The summed E-state index contributed by atoms with van der Waals surface area (Å²) < 4.78 is 4.90. The van der Waals surface area contributed by atoms with E-state index in [1.165, 1.54) is 0 Å². The second-order valence-electron chi connectivity index (χ2n) is 3.54. The van der Waals surface area contributed by atoms with Crippen molar-refractivity contribution in [3.63, 3.8) is 0 Å². The van der Waals surface area contributed by atoms with Gasteiger partial charge in [0.1, 0.15) is 0 Å². The van der Waals surface area contributed by atoms with Gasteiger partial charge in [-0.05, 0) is 24.1 Å². The van der Waals surface area contributed by atoms with E-state index >= 15 is 0 Å². The van der Waals surface area contributed by atoms with Crippen molar-refractivity contribution in [1.82, 2.24) is 0 Å². The smallest absolute Gasteiger partial charge is 0.306 e. The van der Waals surface area contributed by atoms with Crippen LogP contribution in [-0.4, -0.2) is 24.3 Å². The highest BCUT2D eigenvalue weighted by molar-refractivity contribution is 5.69. The topological polar surface area (TPSA) is 72.6 Å². The van der Waals surface area contributed by atoms with Gasteiger partial charge in [-0.1, -0.05) is 12.1 Å². The Morgan fingerprint density at radius 3 is 2.94 bits per heavy atom. The van der Waals surface area contributed by atoms with Crippen LogP contribution in [0.5, 0.6) is 0 Å². The second-order valence-corrected chi connectivity index (χ2v) is 3.54. The first-order valence-corrected chi connectivity index (χ1v) is 5.33. The number of benzene rings is 1. The molecule has 0 aromatic heterocycles. The molecule has 0 saturated heterocycles. The van der Waals surface area contributed by atoms with Crippen LogP contribution in [0.4, 0.5) is 5.69 Å². The molecular formula is C12H17NO3. The number of hydrogen-bond donors (Lipinski definition) is 2. The molecule has 0 bridgehead atoms. The number of aliphatic hydroxyl groups excluding tert-OH is 1. The number of anilines is 1. The maximum Gasteiger partial charge on any atom is 0.306 e. The summed E-state index contributed by atoms with van der Waals surface area (Å²) in [5.41, 5.74) is 7.35. The molecule has 88 valence electrons. The molecule has 3 N–H and O–H groups in total. The third-order valence-electron chi connectivity index (χ3n) is 2.13. The van der Waals surface area contributed by atoms with Gasteiger partial charge in [0, 0.05) is 25.1 Å². The minimum Gasteiger partial charge on any atom is -0.466 e. The molecule has 0 aliphatic heterocycles. The Balaban J connectivity index is 2.26. The number of ether oxygens (including phenoxy) is 1. The molecule has 0 atom stereocenters. The fourth-order valence-electron chi connectivity index (χ4n) is 1.32. The normalized spacial score (nSPS) is 10.1. The van der Waals surface area contributed by atoms with Gasteiger partial charge in [-0.15, -0.1) is 0 Å². The predicted molar refractivity (Wildman–Crippen MR) is 61.8 cm³/mol. The first-order chi connectivity index (χ1) is 7.72. The molecule has 0 amide bonds. The highest BCUT2D eigenvalue weighted by atomic mass is 16.5. The Labute approximate surface area is 95.0 Å². The monoisotopic (exact) mass is 223 g/mol. The summed E-state index contributed by atoms with van der Waals surface area (Å²) in [6, 6.07) is 7.45. The van der Waals surface area contributed by atoms with Gasteiger partial charge in [0.25, 0.3) is 0 Å². The summed E-state index contributed by atoms with van der Waals surface area (Å²) in [4.78, 5) is 11.2. The van der Waals surface area contributed by atoms with Crippen molar-refractivity contribution in [2.45, 2.75) is 19.3 Å². The zero-order valence-corrected chi connectivity index (χ0v) is 9.19. The van der Waals surface area contributed by atoms with Gasteiger partial charge in [-0.2, -0.15) is 0 Å². The van der Waals surface area contributed by atoms with E-state index in [2.05, 4.69) is 0 Å². The summed E-state index contributed by atoms with van der Waals surface area (Å²) in [5.74, 6) is -0.240. The Hall–Kier alpha value is -1.55. The van der Waals surface area contributed by atoms with Gasteiger partial charge in [-0.3, -0.25) is 4.79 Å². The highest BCUT2D eigenvalue weighted by Gasteiger charge is 2.03. The molecule has 0 fully saturated rings. The Morgan fingerprint density at radius 1 is 1.44 bits per heavy atom. The van der Waals surface area contributed by atoms with E-state index < -0.39 is 0 Å². The zero-order chi connectivity index (χ0) is 11.8. The average Bonchev–Trinajstić information content (AvgIpc) is 2.27. The van der Waals surface area contributed by atoms with E-state index in [1.54, 1.807) is 0 Å². The maximum atomic E-state index is 11.2. The molecule has 1 aromatic rings.